The maximum atomic E-state index is 13.5. The van der Waals surface area contributed by atoms with E-state index in [2.05, 4.69) is 18.2 Å². The highest BCUT2D eigenvalue weighted by Crippen LogP contribution is 2.47. The number of hydrogen-bond donors (Lipinski definition) is 0. The van der Waals surface area contributed by atoms with Crippen molar-refractivity contribution < 1.29 is 14.3 Å². The molecule has 0 spiro atoms. The second-order valence-corrected chi connectivity index (χ2v) is 7.54. The summed E-state index contributed by atoms with van der Waals surface area (Å²) in [6.45, 7) is 0. The second-order valence-electron chi connectivity index (χ2n) is 7.54. The first-order chi connectivity index (χ1) is 15.2. The molecule has 150 valence electrons. The average Bonchev–Trinajstić information content (AvgIpc) is 3.24. The quantitative estimate of drug-likeness (QED) is 0.421. The van der Waals surface area contributed by atoms with Gasteiger partial charge in [0.15, 0.2) is 6.10 Å². The minimum absolute atomic E-state index is 0.106. The molecular weight excluding hydrogens is 386 g/mol. The van der Waals surface area contributed by atoms with Crippen molar-refractivity contribution in [1.29, 1.82) is 5.26 Å². The summed E-state index contributed by atoms with van der Waals surface area (Å²) in [5, 5.41) is 11.2. The van der Waals surface area contributed by atoms with Crippen LogP contribution in [0, 0.1) is 11.3 Å². The Bertz CT molecular complexity index is 1320. The molecule has 5 rings (SSSR count). The van der Waals surface area contributed by atoms with E-state index in [4.69, 9.17) is 14.7 Å². The van der Waals surface area contributed by atoms with Gasteiger partial charge >= 0.3 is 0 Å². The third-order valence-electron chi connectivity index (χ3n) is 5.83. The van der Waals surface area contributed by atoms with Gasteiger partial charge in [0.1, 0.15) is 11.5 Å². The van der Waals surface area contributed by atoms with E-state index in [9.17, 15) is 4.79 Å². The van der Waals surface area contributed by atoms with Gasteiger partial charge < -0.3 is 9.47 Å². The highest BCUT2D eigenvalue weighted by Gasteiger charge is 2.41. The number of ketones is 1. The Hall–Kier alpha value is -4.10. The lowest BCUT2D eigenvalue weighted by atomic mass is 9.83. The van der Waals surface area contributed by atoms with E-state index in [1.165, 1.54) is 0 Å². The molecule has 4 heteroatoms. The van der Waals surface area contributed by atoms with Crippen LogP contribution in [0.2, 0.25) is 0 Å². The van der Waals surface area contributed by atoms with Gasteiger partial charge in [-0.15, -0.1) is 0 Å². The summed E-state index contributed by atoms with van der Waals surface area (Å²) in [7, 11) is 1.63. The van der Waals surface area contributed by atoms with Crippen molar-refractivity contribution in [2.75, 3.05) is 7.11 Å². The first-order valence-corrected chi connectivity index (χ1v) is 10.1. The normalized spacial score (nSPS) is 16.9. The van der Waals surface area contributed by atoms with Crippen molar-refractivity contribution in [1.82, 2.24) is 0 Å². The highest BCUT2D eigenvalue weighted by atomic mass is 16.5. The van der Waals surface area contributed by atoms with Crippen LogP contribution < -0.4 is 9.47 Å². The summed E-state index contributed by atoms with van der Waals surface area (Å²) in [4.78, 5) is 13.5. The Labute approximate surface area is 180 Å². The monoisotopic (exact) mass is 405 g/mol. The molecule has 0 saturated carbocycles. The van der Waals surface area contributed by atoms with Crippen molar-refractivity contribution in [3.8, 4) is 17.6 Å². The smallest absolute Gasteiger partial charge is 0.204 e. The van der Waals surface area contributed by atoms with Crippen LogP contribution in [0.3, 0.4) is 0 Å². The van der Waals surface area contributed by atoms with Gasteiger partial charge in [0, 0.05) is 11.1 Å². The predicted molar refractivity (Wildman–Crippen MR) is 119 cm³/mol. The lowest BCUT2D eigenvalue weighted by Gasteiger charge is -2.19. The Morgan fingerprint density at radius 1 is 0.935 bits per heavy atom. The lowest BCUT2D eigenvalue weighted by Crippen LogP contribution is -2.30. The molecule has 0 saturated heterocycles. The summed E-state index contributed by atoms with van der Waals surface area (Å²) >= 11 is 0. The average molecular weight is 405 g/mol. The Morgan fingerprint density at radius 2 is 1.68 bits per heavy atom. The Kier molecular flexibility index (Phi) is 4.65. The van der Waals surface area contributed by atoms with E-state index in [1.54, 1.807) is 31.4 Å². The molecule has 0 aliphatic carbocycles. The molecular formula is C27H19NO3. The summed E-state index contributed by atoms with van der Waals surface area (Å²) in [5.74, 6) is 1.13. The summed E-state index contributed by atoms with van der Waals surface area (Å²) in [6.07, 6.45) is -0.692. The first kappa shape index (κ1) is 18.9. The van der Waals surface area contributed by atoms with Crippen LogP contribution in [-0.4, -0.2) is 19.0 Å². The number of benzene rings is 4. The maximum absolute atomic E-state index is 13.5. The topological polar surface area (TPSA) is 59.3 Å². The van der Waals surface area contributed by atoms with Crippen LogP contribution in [0.4, 0.5) is 0 Å². The number of Topliss-reactive ketones (excluding diaryl/α,β-unsaturated/α-hetero) is 1. The zero-order chi connectivity index (χ0) is 21.4. The van der Waals surface area contributed by atoms with Crippen LogP contribution in [0.15, 0.2) is 84.9 Å². The lowest BCUT2D eigenvalue weighted by molar-refractivity contribution is 0.0807. The van der Waals surface area contributed by atoms with Gasteiger partial charge in [-0.2, -0.15) is 5.26 Å². The number of rotatable bonds is 4. The number of carbonyl (C=O) groups is 1. The molecule has 4 aromatic rings. The van der Waals surface area contributed by atoms with Crippen molar-refractivity contribution in [2.24, 2.45) is 0 Å². The van der Waals surface area contributed by atoms with Crippen LogP contribution in [0.5, 0.6) is 11.5 Å². The summed E-state index contributed by atoms with van der Waals surface area (Å²) in [5.41, 5.74) is 3.06. The number of ether oxygens (including phenoxy) is 2. The molecule has 0 radical (unpaired) electrons. The SMILES string of the molecule is COc1ccc([C@H]2c3c(ccc4ccccc34)O[C@H]2C(=O)c2ccc(C#N)cc2)cc1. The third kappa shape index (κ3) is 3.21. The second kappa shape index (κ2) is 7.62. The van der Waals surface area contributed by atoms with Crippen LogP contribution in [0.25, 0.3) is 10.8 Å². The number of nitrogens with zero attached hydrogens (tertiary/aromatic N) is 1. The van der Waals surface area contributed by atoms with E-state index in [0.29, 0.717) is 11.1 Å². The van der Waals surface area contributed by atoms with Crippen LogP contribution in [0.1, 0.15) is 33.0 Å². The molecule has 4 aromatic carbocycles. The van der Waals surface area contributed by atoms with Gasteiger partial charge in [-0.05, 0) is 58.8 Å². The van der Waals surface area contributed by atoms with Gasteiger partial charge in [0.2, 0.25) is 5.78 Å². The largest absolute Gasteiger partial charge is 0.497 e. The zero-order valence-electron chi connectivity index (χ0n) is 16.9. The van der Waals surface area contributed by atoms with E-state index < -0.39 is 6.10 Å². The number of carbonyl (C=O) groups excluding carboxylic acids is 1. The fraction of sp³-hybridized carbons (Fsp3) is 0.111. The third-order valence-corrected chi connectivity index (χ3v) is 5.83. The van der Waals surface area contributed by atoms with Crippen molar-refractivity contribution in [3.05, 3.63) is 107 Å². The van der Waals surface area contributed by atoms with Crippen molar-refractivity contribution in [2.45, 2.75) is 12.0 Å². The fourth-order valence-corrected chi connectivity index (χ4v) is 4.29. The molecule has 0 unspecified atom stereocenters. The fourth-order valence-electron chi connectivity index (χ4n) is 4.29. The number of methoxy groups -OCH3 is 1. The molecule has 1 heterocycles. The molecule has 0 bridgehead atoms. The van der Waals surface area contributed by atoms with Gasteiger partial charge in [-0.3, -0.25) is 4.79 Å². The molecule has 0 N–H and O–H groups in total. The van der Waals surface area contributed by atoms with E-state index in [0.717, 1.165) is 33.4 Å². The standard InChI is InChI=1S/C27H19NO3/c1-30-21-13-10-19(11-14-21)24-25-22-5-3-2-4-18(22)12-15-23(25)31-27(24)26(29)20-8-6-17(16-28)7-9-20/h2-15,24,27H,1H3/t24-,27+/m0/s1. The van der Waals surface area contributed by atoms with Gasteiger partial charge in [-0.1, -0.05) is 42.5 Å². The summed E-state index contributed by atoms with van der Waals surface area (Å²) < 4.78 is 11.6. The van der Waals surface area contributed by atoms with E-state index in [1.807, 2.05) is 48.5 Å². The number of hydrogen-bond acceptors (Lipinski definition) is 4. The van der Waals surface area contributed by atoms with E-state index >= 15 is 0 Å². The van der Waals surface area contributed by atoms with E-state index in [-0.39, 0.29) is 11.7 Å². The van der Waals surface area contributed by atoms with Crippen molar-refractivity contribution in [3.63, 3.8) is 0 Å². The summed E-state index contributed by atoms with van der Waals surface area (Å²) in [6, 6.07) is 28.7. The van der Waals surface area contributed by atoms with Gasteiger partial charge in [0.05, 0.1) is 24.7 Å². The zero-order valence-corrected chi connectivity index (χ0v) is 16.9. The molecule has 0 fully saturated rings. The molecule has 0 aromatic heterocycles. The molecule has 31 heavy (non-hydrogen) atoms. The molecule has 1 aliphatic heterocycles. The predicted octanol–water partition coefficient (Wildman–Crippen LogP) is 5.50. The Balaban J connectivity index is 1.65. The molecule has 1 aliphatic rings. The Morgan fingerprint density at radius 3 is 2.39 bits per heavy atom. The van der Waals surface area contributed by atoms with Crippen LogP contribution >= 0.6 is 0 Å². The van der Waals surface area contributed by atoms with Gasteiger partial charge in [0.25, 0.3) is 0 Å². The number of nitriles is 1. The highest BCUT2D eigenvalue weighted by molar-refractivity contribution is 6.02. The van der Waals surface area contributed by atoms with Crippen molar-refractivity contribution >= 4 is 16.6 Å². The minimum Gasteiger partial charge on any atom is -0.497 e. The number of fused-ring (bicyclic) bond motifs is 3. The molecule has 0 amide bonds. The van der Waals surface area contributed by atoms with Gasteiger partial charge in [-0.25, -0.2) is 0 Å². The van der Waals surface area contributed by atoms with Crippen LogP contribution in [-0.2, 0) is 0 Å². The maximum Gasteiger partial charge on any atom is 0.204 e. The molecule has 4 nitrogen and oxygen atoms in total. The molecule has 2 atom stereocenters. The first-order valence-electron chi connectivity index (χ1n) is 10.1. The minimum atomic E-state index is -0.692.